The molecule has 5 heteroatoms. The number of hydrogen-bond acceptors (Lipinski definition) is 3. The lowest BCUT2D eigenvalue weighted by molar-refractivity contribution is 0.317. The maximum absolute atomic E-state index is 8.33. The standard InChI is InChI=1S/C10H13ClN2OS/c11-8-4-1-2-5-9(8)15-7-3-6-10(12)13-14/h1-2,4-5,14H,3,6-7H2,(H2,12,13). The van der Waals surface area contributed by atoms with Gasteiger partial charge in [-0.15, -0.1) is 11.8 Å². The van der Waals surface area contributed by atoms with E-state index in [-0.39, 0.29) is 5.84 Å². The Balaban J connectivity index is 2.29. The van der Waals surface area contributed by atoms with Crippen LogP contribution < -0.4 is 5.73 Å². The topological polar surface area (TPSA) is 58.6 Å². The molecule has 0 saturated carbocycles. The lowest BCUT2D eigenvalue weighted by atomic mass is 10.3. The molecule has 0 aliphatic rings. The van der Waals surface area contributed by atoms with E-state index in [1.807, 2.05) is 24.3 Å². The first-order valence-electron chi connectivity index (χ1n) is 4.57. The number of rotatable bonds is 5. The minimum atomic E-state index is 0.273. The van der Waals surface area contributed by atoms with Gasteiger partial charge in [0.05, 0.1) is 5.02 Å². The van der Waals surface area contributed by atoms with Crippen molar-refractivity contribution in [2.24, 2.45) is 10.9 Å². The lowest BCUT2D eigenvalue weighted by Crippen LogP contribution is -2.11. The van der Waals surface area contributed by atoms with E-state index >= 15 is 0 Å². The van der Waals surface area contributed by atoms with Gasteiger partial charge in [-0.25, -0.2) is 0 Å². The van der Waals surface area contributed by atoms with E-state index in [1.54, 1.807) is 11.8 Å². The molecule has 0 aromatic heterocycles. The van der Waals surface area contributed by atoms with Crippen molar-refractivity contribution in [2.75, 3.05) is 5.75 Å². The molecule has 0 bridgehead atoms. The van der Waals surface area contributed by atoms with Crippen LogP contribution in [-0.2, 0) is 0 Å². The van der Waals surface area contributed by atoms with Gasteiger partial charge in [-0.1, -0.05) is 28.9 Å². The van der Waals surface area contributed by atoms with Crippen LogP contribution in [0, 0.1) is 0 Å². The van der Waals surface area contributed by atoms with E-state index in [1.165, 1.54) is 0 Å². The number of oxime groups is 1. The van der Waals surface area contributed by atoms with E-state index in [9.17, 15) is 0 Å². The van der Waals surface area contributed by atoms with Gasteiger partial charge in [0.25, 0.3) is 0 Å². The Hall–Kier alpha value is -0.870. The normalized spacial score (nSPS) is 11.7. The van der Waals surface area contributed by atoms with Crippen LogP contribution in [0.4, 0.5) is 0 Å². The third-order valence-electron chi connectivity index (χ3n) is 1.80. The molecule has 0 spiro atoms. The summed E-state index contributed by atoms with van der Waals surface area (Å²) in [5, 5.41) is 12.0. The molecule has 1 aromatic rings. The molecule has 0 fully saturated rings. The molecule has 0 unspecified atom stereocenters. The van der Waals surface area contributed by atoms with Gasteiger partial charge in [0, 0.05) is 11.3 Å². The van der Waals surface area contributed by atoms with Crippen LogP contribution in [0.5, 0.6) is 0 Å². The average molecular weight is 245 g/mol. The highest BCUT2D eigenvalue weighted by Crippen LogP contribution is 2.27. The maximum atomic E-state index is 8.33. The summed E-state index contributed by atoms with van der Waals surface area (Å²) in [5.41, 5.74) is 5.35. The average Bonchev–Trinajstić information content (AvgIpc) is 2.26. The summed E-state index contributed by atoms with van der Waals surface area (Å²) < 4.78 is 0. The molecule has 1 aromatic carbocycles. The minimum Gasteiger partial charge on any atom is -0.409 e. The molecule has 15 heavy (non-hydrogen) atoms. The summed E-state index contributed by atoms with van der Waals surface area (Å²) >= 11 is 7.66. The number of hydrogen-bond donors (Lipinski definition) is 2. The van der Waals surface area contributed by atoms with Crippen molar-refractivity contribution in [3.63, 3.8) is 0 Å². The van der Waals surface area contributed by atoms with E-state index < -0.39 is 0 Å². The SMILES string of the molecule is N/C(CCCSc1ccccc1Cl)=N\O. The molecule has 0 amide bonds. The molecule has 3 nitrogen and oxygen atoms in total. The van der Waals surface area contributed by atoms with E-state index in [0.29, 0.717) is 6.42 Å². The molecule has 0 aliphatic heterocycles. The number of thioether (sulfide) groups is 1. The summed E-state index contributed by atoms with van der Waals surface area (Å²) in [7, 11) is 0. The Labute approximate surface area is 98.3 Å². The van der Waals surface area contributed by atoms with Gasteiger partial charge in [-0.3, -0.25) is 0 Å². The van der Waals surface area contributed by atoms with Crippen molar-refractivity contribution in [3.8, 4) is 0 Å². The first-order valence-corrected chi connectivity index (χ1v) is 5.94. The van der Waals surface area contributed by atoms with Gasteiger partial charge in [-0.05, 0) is 24.3 Å². The molecule has 3 N–H and O–H groups in total. The molecule has 0 radical (unpaired) electrons. The summed E-state index contributed by atoms with van der Waals surface area (Å²) in [5.74, 6) is 1.18. The number of amidine groups is 1. The molecular formula is C10H13ClN2OS. The number of halogens is 1. The van der Waals surface area contributed by atoms with Crippen LogP contribution in [0.15, 0.2) is 34.3 Å². The van der Waals surface area contributed by atoms with Gasteiger partial charge in [0.1, 0.15) is 5.84 Å². The van der Waals surface area contributed by atoms with Crippen LogP contribution in [0.25, 0.3) is 0 Å². The monoisotopic (exact) mass is 244 g/mol. The quantitative estimate of drug-likeness (QED) is 0.209. The van der Waals surface area contributed by atoms with Crippen LogP contribution in [-0.4, -0.2) is 16.8 Å². The van der Waals surface area contributed by atoms with E-state index in [2.05, 4.69) is 5.16 Å². The van der Waals surface area contributed by atoms with Crippen molar-refractivity contribution in [3.05, 3.63) is 29.3 Å². The largest absolute Gasteiger partial charge is 0.409 e. The second kappa shape index (κ2) is 6.58. The maximum Gasteiger partial charge on any atom is 0.139 e. The van der Waals surface area contributed by atoms with Gasteiger partial charge in [-0.2, -0.15) is 0 Å². The Bertz CT molecular complexity index is 344. The fourth-order valence-electron chi connectivity index (χ4n) is 1.05. The summed E-state index contributed by atoms with van der Waals surface area (Å²) in [6.45, 7) is 0. The number of nitrogens with zero attached hydrogens (tertiary/aromatic N) is 1. The predicted molar refractivity (Wildman–Crippen MR) is 64.8 cm³/mol. The zero-order valence-electron chi connectivity index (χ0n) is 8.19. The molecule has 0 heterocycles. The van der Waals surface area contributed by atoms with Crippen LogP contribution in [0.1, 0.15) is 12.8 Å². The third-order valence-corrected chi connectivity index (χ3v) is 3.40. The fraction of sp³-hybridized carbons (Fsp3) is 0.300. The van der Waals surface area contributed by atoms with Gasteiger partial charge in [0.2, 0.25) is 0 Å². The molecule has 0 aliphatic carbocycles. The molecule has 0 atom stereocenters. The van der Waals surface area contributed by atoms with Crippen LogP contribution in [0.3, 0.4) is 0 Å². The molecular weight excluding hydrogens is 232 g/mol. The van der Waals surface area contributed by atoms with E-state index in [4.69, 9.17) is 22.5 Å². The van der Waals surface area contributed by atoms with Crippen molar-refractivity contribution >= 4 is 29.2 Å². The fourth-order valence-corrected chi connectivity index (χ4v) is 2.24. The van der Waals surface area contributed by atoms with Gasteiger partial charge in [0.15, 0.2) is 0 Å². The Morgan fingerprint density at radius 1 is 1.47 bits per heavy atom. The first-order chi connectivity index (χ1) is 7.24. The number of benzene rings is 1. The molecule has 0 saturated heterocycles. The zero-order valence-corrected chi connectivity index (χ0v) is 9.76. The first kappa shape index (κ1) is 12.2. The van der Waals surface area contributed by atoms with Crippen molar-refractivity contribution in [1.82, 2.24) is 0 Å². The summed E-state index contributed by atoms with van der Waals surface area (Å²) in [4.78, 5) is 1.07. The molecule has 1 rings (SSSR count). The zero-order chi connectivity index (χ0) is 11.1. The second-order valence-corrected chi connectivity index (χ2v) is 4.52. The van der Waals surface area contributed by atoms with Crippen molar-refractivity contribution in [1.29, 1.82) is 0 Å². The minimum absolute atomic E-state index is 0.273. The second-order valence-electron chi connectivity index (χ2n) is 2.97. The van der Waals surface area contributed by atoms with Crippen LogP contribution in [0.2, 0.25) is 5.02 Å². The summed E-state index contributed by atoms with van der Waals surface area (Å²) in [6, 6.07) is 7.71. The third kappa shape index (κ3) is 4.44. The highest BCUT2D eigenvalue weighted by Gasteiger charge is 1.99. The summed E-state index contributed by atoms with van der Waals surface area (Å²) in [6.07, 6.45) is 1.47. The van der Waals surface area contributed by atoms with Gasteiger partial charge < -0.3 is 10.9 Å². The Kier molecular flexibility index (Phi) is 5.36. The van der Waals surface area contributed by atoms with Gasteiger partial charge >= 0.3 is 0 Å². The van der Waals surface area contributed by atoms with Crippen molar-refractivity contribution < 1.29 is 5.21 Å². The molecule has 82 valence electrons. The Morgan fingerprint density at radius 3 is 2.87 bits per heavy atom. The van der Waals surface area contributed by atoms with Crippen LogP contribution >= 0.6 is 23.4 Å². The smallest absolute Gasteiger partial charge is 0.139 e. The number of nitrogens with two attached hydrogens (primary N) is 1. The highest BCUT2D eigenvalue weighted by atomic mass is 35.5. The Morgan fingerprint density at radius 2 is 2.20 bits per heavy atom. The van der Waals surface area contributed by atoms with E-state index in [0.717, 1.165) is 22.1 Å². The lowest BCUT2D eigenvalue weighted by Gasteiger charge is -2.02. The predicted octanol–water partition coefficient (Wildman–Crippen LogP) is 2.96. The van der Waals surface area contributed by atoms with Crippen molar-refractivity contribution in [2.45, 2.75) is 17.7 Å². The highest BCUT2D eigenvalue weighted by molar-refractivity contribution is 7.99.